The van der Waals surface area contributed by atoms with Gasteiger partial charge in [-0.1, -0.05) is 0 Å². The van der Waals surface area contributed by atoms with Gasteiger partial charge in [-0.15, -0.1) is 0 Å². The number of aliphatic hydroxyl groups is 3. The predicted octanol–water partition coefficient (Wildman–Crippen LogP) is -1.90. The molecular weight excluding hydrogens is 268 g/mol. The first-order valence-corrected chi connectivity index (χ1v) is 6.46. The van der Waals surface area contributed by atoms with Crippen LogP contribution in [0.3, 0.4) is 0 Å². The minimum atomic E-state index is -0.857. The average molecular weight is 286 g/mol. The van der Waals surface area contributed by atoms with E-state index in [0.29, 0.717) is 18.4 Å². The zero-order valence-corrected chi connectivity index (χ0v) is 10.9. The van der Waals surface area contributed by atoms with Crippen molar-refractivity contribution in [3.05, 3.63) is 32.6 Å². The number of hydrogen-bond donors (Lipinski definition) is 4. The van der Waals surface area contributed by atoms with Gasteiger partial charge in [0.1, 0.15) is 12.3 Å². The molecule has 0 saturated carbocycles. The Morgan fingerprint density at radius 3 is 2.75 bits per heavy atom. The van der Waals surface area contributed by atoms with Crippen LogP contribution in [-0.2, 0) is 11.2 Å². The topological polar surface area (TPSA) is 125 Å². The van der Waals surface area contributed by atoms with Crippen molar-refractivity contribution in [1.29, 1.82) is 0 Å². The number of aliphatic hydroxyl groups excluding tert-OH is 3. The lowest BCUT2D eigenvalue weighted by Gasteiger charge is -2.15. The summed E-state index contributed by atoms with van der Waals surface area (Å²) in [5.74, 6) is 0. The third-order valence-corrected chi connectivity index (χ3v) is 3.34. The number of hydrogen-bond acceptors (Lipinski definition) is 6. The number of aromatic amines is 1. The van der Waals surface area contributed by atoms with E-state index in [9.17, 15) is 14.7 Å². The molecule has 1 aliphatic rings. The number of rotatable bonds is 5. The van der Waals surface area contributed by atoms with Crippen LogP contribution in [0, 0.1) is 0 Å². The van der Waals surface area contributed by atoms with Crippen LogP contribution in [0.5, 0.6) is 0 Å². The molecular formula is C12H18N2O6. The van der Waals surface area contributed by atoms with Gasteiger partial charge in [0, 0.05) is 24.8 Å². The zero-order valence-electron chi connectivity index (χ0n) is 10.9. The molecule has 0 radical (unpaired) electrons. The first-order chi connectivity index (χ1) is 9.56. The predicted molar refractivity (Wildman–Crippen MR) is 68.3 cm³/mol. The van der Waals surface area contributed by atoms with Gasteiger partial charge in [-0.25, -0.2) is 4.79 Å². The van der Waals surface area contributed by atoms with E-state index >= 15 is 0 Å². The van der Waals surface area contributed by atoms with Gasteiger partial charge in [-0.05, 0) is 12.8 Å². The van der Waals surface area contributed by atoms with Gasteiger partial charge in [-0.3, -0.25) is 14.3 Å². The second kappa shape index (κ2) is 6.31. The summed E-state index contributed by atoms with van der Waals surface area (Å²) in [6.07, 6.45) is -0.0202. The van der Waals surface area contributed by atoms with Gasteiger partial charge in [0.05, 0.1) is 12.7 Å². The smallest absolute Gasteiger partial charge is 0.330 e. The monoisotopic (exact) mass is 286 g/mol. The lowest BCUT2D eigenvalue weighted by molar-refractivity contribution is -0.0460. The van der Waals surface area contributed by atoms with Crippen LogP contribution < -0.4 is 11.2 Å². The van der Waals surface area contributed by atoms with Gasteiger partial charge in [-0.2, -0.15) is 0 Å². The van der Waals surface area contributed by atoms with Crippen LogP contribution in [0.1, 0.15) is 24.6 Å². The molecule has 1 fully saturated rings. The van der Waals surface area contributed by atoms with Gasteiger partial charge in [0.15, 0.2) is 0 Å². The fraction of sp³-hybridized carbons (Fsp3) is 0.667. The summed E-state index contributed by atoms with van der Waals surface area (Å²) in [5.41, 5.74) is -0.750. The molecule has 8 heteroatoms. The van der Waals surface area contributed by atoms with E-state index in [1.165, 1.54) is 10.8 Å². The Balaban J connectivity index is 2.28. The number of nitrogens with zero attached hydrogens (tertiary/aromatic N) is 1. The van der Waals surface area contributed by atoms with Gasteiger partial charge < -0.3 is 20.1 Å². The van der Waals surface area contributed by atoms with Crippen LogP contribution in [-0.4, -0.2) is 50.3 Å². The first-order valence-electron chi connectivity index (χ1n) is 6.46. The Bertz CT molecular complexity index is 566. The van der Waals surface area contributed by atoms with E-state index in [1.807, 2.05) is 0 Å². The van der Waals surface area contributed by atoms with E-state index in [1.54, 1.807) is 0 Å². The van der Waals surface area contributed by atoms with E-state index in [2.05, 4.69) is 4.98 Å². The molecule has 1 saturated heterocycles. The highest BCUT2D eigenvalue weighted by atomic mass is 16.5. The zero-order chi connectivity index (χ0) is 14.7. The quantitative estimate of drug-likeness (QED) is 0.501. The lowest BCUT2D eigenvalue weighted by atomic mass is 10.2. The molecule has 20 heavy (non-hydrogen) atoms. The molecule has 2 rings (SSSR count). The molecule has 0 aliphatic carbocycles. The Morgan fingerprint density at radius 1 is 1.40 bits per heavy atom. The number of aromatic nitrogens is 2. The van der Waals surface area contributed by atoms with E-state index in [4.69, 9.17) is 14.9 Å². The van der Waals surface area contributed by atoms with Crippen molar-refractivity contribution in [2.75, 3.05) is 13.2 Å². The Hall–Kier alpha value is -1.48. The standard InChI is InChI=1S/C12H18N2O6/c15-3-1-2-7-5-14(12(19)13-11(7)18)10-4-8(17)9(6-16)20-10/h5,8-10,15-17H,1-4,6H2,(H,13,18,19)/t8-,9-,10-/m1/s1. The van der Waals surface area contributed by atoms with E-state index < -0.39 is 29.7 Å². The minimum absolute atomic E-state index is 0.0518. The maximum atomic E-state index is 11.8. The van der Waals surface area contributed by atoms with Gasteiger partial charge in [0.25, 0.3) is 5.56 Å². The van der Waals surface area contributed by atoms with Crippen LogP contribution in [0.2, 0.25) is 0 Å². The summed E-state index contributed by atoms with van der Waals surface area (Å²) in [5, 5.41) is 27.5. The maximum Gasteiger partial charge on any atom is 0.330 e. The molecule has 1 aromatic rings. The summed E-state index contributed by atoms with van der Waals surface area (Å²) in [6, 6.07) is 0. The molecule has 0 aromatic carbocycles. The fourth-order valence-electron chi connectivity index (χ4n) is 2.24. The molecule has 1 aliphatic heterocycles. The highest BCUT2D eigenvalue weighted by molar-refractivity contribution is 5.05. The van der Waals surface area contributed by atoms with Crippen LogP contribution in [0.15, 0.2) is 15.8 Å². The SMILES string of the molecule is O=c1[nH]c(=O)n([C@H]2C[C@@H](O)[C@@H](CO)O2)cc1CCCO. The number of ether oxygens (including phenoxy) is 1. The molecule has 0 amide bonds. The third-order valence-electron chi connectivity index (χ3n) is 3.34. The summed E-state index contributed by atoms with van der Waals surface area (Å²) in [7, 11) is 0. The molecule has 0 spiro atoms. The Labute approximate surface area is 114 Å². The molecule has 112 valence electrons. The first kappa shape index (κ1) is 14.9. The third kappa shape index (κ3) is 2.98. The Morgan fingerprint density at radius 2 is 2.15 bits per heavy atom. The summed E-state index contributed by atoms with van der Waals surface area (Å²) in [4.78, 5) is 25.6. The lowest BCUT2D eigenvalue weighted by Crippen LogP contribution is -2.34. The highest BCUT2D eigenvalue weighted by Crippen LogP contribution is 2.27. The molecule has 8 nitrogen and oxygen atoms in total. The van der Waals surface area contributed by atoms with Gasteiger partial charge in [0.2, 0.25) is 0 Å². The van der Waals surface area contributed by atoms with E-state index in [-0.39, 0.29) is 19.6 Å². The average Bonchev–Trinajstić information content (AvgIpc) is 2.79. The molecule has 0 unspecified atom stereocenters. The van der Waals surface area contributed by atoms with Crippen molar-refractivity contribution >= 4 is 0 Å². The van der Waals surface area contributed by atoms with Crippen molar-refractivity contribution < 1.29 is 20.1 Å². The van der Waals surface area contributed by atoms with Crippen LogP contribution in [0.25, 0.3) is 0 Å². The largest absolute Gasteiger partial charge is 0.396 e. The van der Waals surface area contributed by atoms with E-state index in [0.717, 1.165) is 0 Å². The van der Waals surface area contributed by atoms with Crippen molar-refractivity contribution in [1.82, 2.24) is 9.55 Å². The minimum Gasteiger partial charge on any atom is -0.396 e. The molecule has 4 N–H and O–H groups in total. The highest BCUT2D eigenvalue weighted by Gasteiger charge is 2.35. The molecule has 1 aromatic heterocycles. The van der Waals surface area contributed by atoms with Crippen molar-refractivity contribution in [2.45, 2.75) is 37.7 Å². The molecule has 0 bridgehead atoms. The fourth-order valence-corrected chi connectivity index (χ4v) is 2.24. The normalized spacial score (nSPS) is 26.1. The summed E-state index contributed by atoms with van der Waals surface area (Å²) < 4.78 is 6.58. The summed E-state index contributed by atoms with van der Waals surface area (Å²) in [6.45, 7) is -0.392. The molecule has 2 heterocycles. The van der Waals surface area contributed by atoms with Crippen molar-refractivity contribution in [3.63, 3.8) is 0 Å². The van der Waals surface area contributed by atoms with Crippen LogP contribution in [0.4, 0.5) is 0 Å². The number of nitrogens with one attached hydrogen (secondary N) is 1. The number of H-pyrrole nitrogens is 1. The molecule has 3 atom stereocenters. The van der Waals surface area contributed by atoms with Crippen LogP contribution >= 0.6 is 0 Å². The van der Waals surface area contributed by atoms with Crippen molar-refractivity contribution in [2.24, 2.45) is 0 Å². The summed E-state index contributed by atoms with van der Waals surface area (Å²) >= 11 is 0. The Kier molecular flexibility index (Phi) is 4.71. The second-order valence-electron chi connectivity index (χ2n) is 4.76. The second-order valence-corrected chi connectivity index (χ2v) is 4.76. The van der Waals surface area contributed by atoms with Crippen molar-refractivity contribution in [3.8, 4) is 0 Å². The number of aryl methyl sites for hydroxylation is 1. The maximum absolute atomic E-state index is 11.8. The van der Waals surface area contributed by atoms with Gasteiger partial charge >= 0.3 is 5.69 Å².